The second-order valence-electron chi connectivity index (χ2n) is 3.24. The Hall–Kier alpha value is -0.890. The van der Waals surface area contributed by atoms with Crippen molar-refractivity contribution in [2.75, 3.05) is 6.54 Å². The fraction of sp³-hybridized carbons (Fsp3) is 0.400. The van der Waals surface area contributed by atoms with Crippen LogP contribution in [-0.4, -0.2) is 6.54 Å². The molecule has 0 saturated carbocycles. The van der Waals surface area contributed by atoms with Crippen molar-refractivity contribution in [3.05, 3.63) is 34.9 Å². The summed E-state index contributed by atoms with van der Waals surface area (Å²) in [5.41, 5.74) is 3.19. The third-order valence-corrected chi connectivity index (χ3v) is 2.41. The first-order valence-electron chi connectivity index (χ1n) is 4.22. The van der Waals surface area contributed by atoms with E-state index >= 15 is 0 Å². The standard InChI is InChI=1S/C10H12FN/c1-7-3-2-4-8-9(7)5-12-6-10(8)11/h2-4,10,12H,5-6H2,1H3/t10-/m1/s1. The summed E-state index contributed by atoms with van der Waals surface area (Å²) in [7, 11) is 0. The summed E-state index contributed by atoms with van der Waals surface area (Å²) in [5, 5.41) is 3.06. The van der Waals surface area contributed by atoms with Gasteiger partial charge in [-0.3, -0.25) is 0 Å². The molecule has 2 heteroatoms. The summed E-state index contributed by atoms with van der Waals surface area (Å²) in [6, 6.07) is 5.83. The maximum atomic E-state index is 13.3. The Morgan fingerprint density at radius 2 is 2.33 bits per heavy atom. The average molecular weight is 165 g/mol. The van der Waals surface area contributed by atoms with Gasteiger partial charge in [-0.25, -0.2) is 4.39 Å². The van der Waals surface area contributed by atoms with Gasteiger partial charge >= 0.3 is 0 Å². The van der Waals surface area contributed by atoms with Crippen LogP contribution in [0.1, 0.15) is 22.9 Å². The van der Waals surface area contributed by atoms with E-state index in [9.17, 15) is 4.39 Å². The van der Waals surface area contributed by atoms with Crippen molar-refractivity contribution in [1.82, 2.24) is 5.32 Å². The molecule has 0 aliphatic carbocycles. The van der Waals surface area contributed by atoms with Gasteiger partial charge in [0, 0.05) is 13.1 Å². The molecule has 0 aromatic heterocycles. The molecular formula is C10H12FN. The van der Waals surface area contributed by atoms with E-state index in [-0.39, 0.29) is 0 Å². The minimum absolute atomic E-state index is 0.455. The van der Waals surface area contributed by atoms with E-state index in [0.717, 1.165) is 17.7 Å². The Kier molecular flexibility index (Phi) is 1.85. The fourth-order valence-corrected chi connectivity index (χ4v) is 1.69. The zero-order valence-corrected chi connectivity index (χ0v) is 7.10. The van der Waals surface area contributed by atoms with Gasteiger partial charge in [0.1, 0.15) is 6.17 Å². The van der Waals surface area contributed by atoms with E-state index in [2.05, 4.69) is 5.32 Å². The lowest BCUT2D eigenvalue weighted by Crippen LogP contribution is -2.26. The first-order chi connectivity index (χ1) is 5.79. The second kappa shape index (κ2) is 2.87. The van der Waals surface area contributed by atoms with Crippen molar-refractivity contribution in [3.8, 4) is 0 Å². The molecule has 0 bridgehead atoms. The lowest BCUT2D eigenvalue weighted by molar-refractivity contribution is 0.310. The molecule has 0 unspecified atom stereocenters. The van der Waals surface area contributed by atoms with Crippen LogP contribution in [0, 0.1) is 6.92 Å². The molecule has 1 aromatic carbocycles. The highest BCUT2D eigenvalue weighted by Crippen LogP contribution is 2.26. The van der Waals surface area contributed by atoms with Crippen molar-refractivity contribution in [3.63, 3.8) is 0 Å². The van der Waals surface area contributed by atoms with Gasteiger partial charge in [0.2, 0.25) is 0 Å². The number of halogens is 1. The monoisotopic (exact) mass is 165 g/mol. The maximum Gasteiger partial charge on any atom is 0.138 e. The van der Waals surface area contributed by atoms with Crippen LogP contribution < -0.4 is 5.32 Å². The molecule has 1 aliphatic heterocycles. The van der Waals surface area contributed by atoms with Gasteiger partial charge in [0.25, 0.3) is 0 Å². The quantitative estimate of drug-likeness (QED) is 0.620. The van der Waals surface area contributed by atoms with E-state index in [4.69, 9.17) is 0 Å². The summed E-state index contributed by atoms with van der Waals surface area (Å²) in [4.78, 5) is 0. The summed E-state index contributed by atoms with van der Waals surface area (Å²) in [6.07, 6.45) is -0.825. The summed E-state index contributed by atoms with van der Waals surface area (Å²) >= 11 is 0. The third kappa shape index (κ3) is 1.12. The van der Waals surface area contributed by atoms with E-state index in [1.807, 2.05) is 25.1 Å². The molecule has 0 amide bonds. The maximum absolute atomic E-state index is 13.3. The molecular weight excluding hydrogens is 153 g/mol. The fourth-order valence-electron chi connectivity index (χ4n) is 1.69. The number of hydrogen-bond acceptors (Lipinski definition) is 1. The minimum atomic E-state index is -0.825. The van der Waals surface area contributed by atoms with Crippen LogP contribution in [-0.2, 0) is 6.54 Å². The zero-order chi connectivity index (χ0) is 8.55. The SMILES string of the molecule is Cc1cccc2c1CNC[C@H]2F. The number of hydrogen-bond donors (Lipinski definition) is 1. The first-order valence-corrected chi connectivity index (χ1v) is 4.22. The van der Waals surface area contributed by atoms with Crippen molar-refractivity contribution in [2.45, 2.75) is 19.6 Å². The van der Waals surface area contributed by atoms with Gasteiger partial charge in [-0.15, -0.1) is 0 Å². The smallest absolute Gasteiger partial charge is 0.138 e. The molecule has 1 nitrogen and oxygen atoms in total. The van der Waals surface area contributed by atoms with Crippen LogP contribution >= 0.6 is 0 Å². The average Bonchev–Trinajstić information content (AvgIpc) is 2.07. The molecule has 2 rings (SSSR count). The highest BCUT2D eigenvalue weighted by molar-refractivity contribution is 5.37. The van der Waals surface area contributed by atoms with E-state index < -0.39 is 6.17 Å². The molecule has 0 saturated heterocycles. The number of alkyl halides is 1. The number of benzene rings is 1. The normalized spacial score (nSPS) is 22.0. The largest absolute Gasteiger partial charge is 0.309 e. The molecule has 0 spiro atoms. The van der Waals surface area contributed by atoms with Crippen LogP contribution in [0.4, 0.5) is 4.39 Å². The number of nitrogens with one attached hydrogen (secondary N) is 1. The van der Waals surface area contributed by atoms with E-state index in [1.165, 1.54) is 5.56 Å². The lowest BCUT2D eigenvalue weighted by atomic mass is 9.96. The van der Waals surface area contributed by atoms with Gasteiger partial charge < -0.3 is 5.32 Å². The zero-order valence-electron chi connectivity index (χ0n) is 7.10. The Bertz CT molecular complexity index is 296. The number of rotatable bonds is 0. The van der Waals surface area contributed by atoms with Crippen molar-refractivity contribution >= 4 is 0 Å². The lowest BCUT2D eigenvalue weighted by Gasteiger charge is -2.22. The predicted molar refractivity (Wildman–Crippen MR) is 46.7 cm³/mol. The van der Waals surface area contributed by atoms with Crippen molar-refractivity contribution in [2.24, 2.45) is 0 Å². The van der Waals surface area contributed by atoms with Crippen LogP contribution in [0.3, 0.4) is 0 Å². The van der Waals surface area contributed by atoms with Crippen molar-refractivity contribution < 1.29 is 4.39 Å². The molecule has 64 valence electrons. The van der Waals surface area contributed by atoms with E-state index in [0.29, 0.717) is 6.54 Å². The highest BCUT2D eigenvalue weighted by atomic mass is 19.1. The van der Waals surface area contributed by atoms with Crippen molar-refractivity contribution in [1.29, 1.82) is 0 Å². The number of fused-ring (bicyclic) bond motifs is 1. The number of aryl methyl sites for hydroxylation is 1. The predicted octanol–water partition coefficient (Wildman–Crippen LogP) is 2.11. The molecule has 1 aromatic rings. The molecule has 1 N–H and O–H groups in total. The molecule has 0 radical (unpaired) electrons. The molecule has 1 atom stereocenters. The Balaban J connectivity index is 2.52. The Morgan fingerprint density at radius 3 is 3.08 bits per heavy atom. The third-order valence-electron chi connectivity index (χ3n) is 2.41. The van der Waals surface area contributed by atoms with Gasteiger partial charge in [0.05, 0.1) is 0 Å². The summed E-state index contributed by atoms with van der Waals surface area (Å²) in [6.45, 7) is 3.29. The topological polar surface area (TPSA) is 12.0 Å². The van der Waals surface area contributed by atoms with Gasteiger partial charge in [-0.05, 0) is 23.6 Å². The first kappa shape index (κ1) is 7.74. The minimum Gasteiger partial charge on any atom is -0.309 e. The van der Waals surface area contributed by atoms with E-state index in [1.54, 1.807) is 0 Å². The summed E-state index contributed by atoms with van der Waals surface area (Å²) in [5.74, 6) is 0. The molecule has 1 aliphatic rings. The Labute approximate surface area is 71.6 Å². The molecule has 1 heterocycles. The van der Waals surface area contributed by atoms with Crippen LogP contribution in [0.5, 0.6) is 0 Å². The van der Waals surface area contributed by atoms with Crippen LogP contribution in [0.15, 0.2) is 18.2 Å². The van der Waals surface area contributed by atoms with Crippen LogP contribution in [0.25, 0.3) is 0 Å². The molecule has 0 fully saturated rings. The Morgan fingerprint density at radius 1 is 1.50 bits per heavy atom. The summed E-state index contributed by atoms with van der Waals surface area (Å²) < 4.78 is 13.3. The van der Waals surface area contributed by atoms with Crippen LogP contribution in [0.2, 0.25) is 0 Å². The second-order valence-corrected chi connectivity index (χ2v) is 3.24. The van der Waals surface area contributed by atoms with Gasteiger partial charge in [0.15, 0.2) is 0 Å². The van der Waals surface area contributed by atoms with Gasteiger partial charge in [-0.1, -0.05) is 18.2 Å². The van der Waals surface area contributed by atoms with Gasteiger partial charge in [-0.2, -0.15) is 0 Å². The highest BCUT2D eigenvalue weighted by Gasteiger charge is 2.19. The molecule has 12 heavy (non-hydrogen) atoms.